The molecule has 0 unspecified atom stereocenters. The molecule has 6 heteroatoms. The van der Waals surface area contributed by atoms with Gasteiger partial charge in [-0.2, -0.15) is 0 Å². The maximum Gasteiger partial charge on any atom is 0.300 e. The summed E-state index contributed by atoms with van der Waals surface area (Å²) in [5.74, 6) is -0.150. The Kier molecular flexibility index (Phi) is 4.42. The highest BCUT2D eigenvalue weighted by molar-refractivity contribution is 6.52. The lowest BCUT2D eigenvalue weighted by Gasteiger charge is -2.28. The molecule has 0 N–H and O–H groups in total. The monoisotopic (exact) mass is 370 g/mol. The molecule has 134 valence electrons. The summed E-state index contributed by atoms with van der Waals surface area (Å²) in [6.45, 7) is 1.12. The molecule has 0 bridgehead atoms. The zero-order chi connectivity index (χ0) is 18.3. The van der Waals surface area contributed by atoms with Gasteiger partial charge in [-0.05, 0) is 48.7 Å². The van der Waals surface area contributed by atoms with Gasteiger partial charge in [-0.25, -0.2) is 0 Å². The molecule has 1 saturated carbocycles. The third kappa shape index (κ3) is 3.20. The van der Waals surface area contributed by atoms with Crippen LogP contribution in [0.25, 0.3) is 0 Å². The first-order chi connectivity index (χ1) is 12.6. The minimum atomic E-state index is -0.484. The number of fused-ring (bicyclic) bond motifs is 1. The van der Waals surface area contributed by atoms with Gasteiger partial charge < -0.3 is 4.74 Å². The van der Waals surface area contributed by atoms with Crippen molar-refractivity contribution in [1.82, 2.24) is 4.90 Å². The number of carbonyl (C=O) groups is 2. The summed E-state index contributed by atoms with van der Waals surface area (Å²) in [6.07, 6.45) is 2.22. The lowest BCUT2D eigenvalue weighted by atomic mass is 10.1. The number of anilines is 1. The van der Waals surface area contributed by atoms with Crippen molar-refractivity contribution in [2.24, 2.45) is 0 Å². The minimum Gasteiger partial charge on any atom is -0.497 e. The average molecular weight is 371 g/mol. The Morgan fingerprint density at radius 1 is 1.15 bits per heavy atom. The normalized spacial score (nSPS) is 16.3. The van der Waals surface area contributed by atoms with Crippen LogP contribution in [-0.4, -0.2) is 36.4 Å². The summed E-state index contributed by atoms with van der Waals surface area (Å²) in [4.78, 5) is 28.6. The summed E-state index contributed by atoms with van der Waals surface area (Å²) in [5, 5.41) is 0.462. The second-order valence-corrected chi connectivity index (χ2v) is 7.13. The van der Waals surface area contributed by atoms with Gasteiger partial charge in [0.2, 0.25) is 0 Å². The summed E-state index contributed by atoms with van der Waals surface area (Å²) < 4.78 is 5.20. The van der Waals surface area contributed by atoms with Crippen LogP contribution in [0.5, 0.6) is 5.75 Å². The zero-order valence-corrected chi connectivity index (χ0v) is 15.2. The number of hydrogen-bond donors (Lipinski definition) is 0. The Balaban J connectivity index is 1.55. The van der Waals surface area contributed by atoms with Crippen LogP contribution < -0.4 is 9.64 Å². The number of carbonyl (C=O) groups excluding carboxylic acids is 2. The smallest absolute Gasteiger partial charge is 0.300 e. The predicted molar refractivity (Wildman–Crippen MR) is 99.7 cm³/mol. The maximum absolute atomic E-state index is 12.5. The van der Waals surface area contributed by atoms with Gasteiger partial charge in [0.25, 0.3) is 5.78 Å². The number of rotatable bonds is 6. The molecule has 2 aromatic carbocycles. The molecule has 5 nitrogen and oxygen atoms in total. The zero-order valence-electron chi connectivity index (χ0n) is 14.4. The quantitative estimate of drug-likeness (QED) is 0.730. The van der Waals surface area contributed by atoms with Crippen LogP contribution in [0.15, 0.2) is 42.5 Å². The van der Waals surface area contributed by atoms with Crippen LogP contribution in [0.1, 0.15) is 28.8 Å². The molecule has 0 aromatic heterocycles. The molecular weight excluding hydrogens is 352 g/mol. The number of amides is 1. The highest BCUT2D eigenvalue weighted by Crippen LogP contribution is 2.34. The molecule has 26 heavy (non-hydrogen) atoms. The van der Waals surface area contributed by atoms with Crippen molar-refractivity contribution in [3.05, 3.63) is 58.6 Å². The van der Waals surface area contributed by atoms with Gasteiger partial charge in [0.05, 0.1) is 25.0 Å². The molecule has 0 atom stereocenters. The van der Waals surface area contributed by atoms with Gasteiger partial charge >= 0.3 is 5.91 Å². The van der Waals surface area contributed by atoms with Crippen LogP contribution in [0.4, 0.5) is 5.69 Å². The highest BCUT2D eigenvalue weighted by atomic mass is 35.5. The largest absolute Gasteiger partial charge is 0.497 e. The predicted octanol–water partition coefficient (Wildman–Crippen LogP) is 3.50. The third-order valence-corrected chi connectivity index (χ3v) is 5.10. The van der Waals surface area contributed by atoms with E-state index in [-0.39, 0.29) is 0 Å². The lowest BCUT2D eigenvalue weighted by Crippen LogP contribution is -2.41. The molecule has 2 aliphatic rings. The number of Topliss-reactive ketones (excluding diaryl/α,β-unsaturated/α-hetero) is 1. The van der Waals surface area contributed by atoms with E-state index in [2.05, 4.69) is 4.90 Å². The molecule has 2 aromatic rings. The van der Waals surface area contributed by atoms with E-state index >= 15 is 0 Å². The number of hydrogen-bond acceptors (Lipinski definition) is 4. The van der Waals surface area contributed by atoms with E-state index < -0.39 is 11.7 Å². The Labute approximate surface area is 157 Å². The SMILES string of the molecule is COc1ccc(CN(CN2C(=O)C(=O)c3cc(Cl)ccc32)C2CC2)cc1. The van der Waals surface area contributed by atoms with E-state index in [9.17, 15) is 9.59 Å². The fraction of sp³-hybridized carbons (Fsp3) is 0.300. The fourth-order valence-electron chi connectivity index (χ4n) is 3.29. The number of methoxy groups -OCH3 is 1. The van der Waals surface area contributed by atoms with Crippen molar-refractivity contribution in [3.8, 4) is 5.75 Å². The van der Waals surface area contributed by atoms with Gasteiger partial charge in [-0.3, -0.25) is 19.4 Å². The second-order valence-electron chi connectivity index (χ2n) is 6.69. The van der Waals surface area contributed by atoms with Crippen molar-refractivity contribution in [2.75, 3.05) is 18.7 Å². The molecule has 0 spiro atoms. The van der Waals surface area contributed by atoms with Crippen LogP contribution in [-0.2, 0) is 11.3 Å². The van der Waals surface area contributed by atoms with E-state index in [4.69, 9.17) is 16.3 Å². The number of halogens is 1. The summed E-state index contributed by atoms with van der Waals surface area (Å²) in [7, 11) is 1.64. The molecule has 0 saturated heterocycles. The van der Waals surface area contributed by atoms with Crippen LogP contribution in [0, 0.1) is 0 Å². The third-order valence-electron chi connectivity index (χ3n) is 4.86. The highest BCUT2D eigenvalue weighted by Gasteiger charge is 2.39. The van der Waals surface area contributed by atoms with Crippen LogP contribution >= 0.6 is 11.6 Å². The van der Waals surface area contributed by atoms with Gasteiger partial charge in [-0.1, -0.05) is 23.7 Å². The van der Waals surface area contributed by atoms with Crippen LogP contribution in [0.2, 0.25) is 5.02 Å². The van der Waals surface area contributed by atoms with Crippen LogP contribution in [0.3, 0.4) is 0 Å². The Morgan fingerprint density at radius 3 is 2.54 bits per heavy atom. The topological polar surface area (TPSA) is 49.9 Å². The van der Waals surface area contributed by atoms with E-state index in [0.29, 0.717) is 29.0 Å². The summed E-state index contributed by atoms with van der Waals surface area (Å²) >= 11 is 5.98. The molecule has 1 amide bonds. The van der Waals surface area contributed by atoms with Crippen molar-refractivity contribution >= 4 is 29.0 Å². The number of ketones is 1. The van der Waals surface area contributed by atoms with Crippen molar-refractivity contribution in [3.63, 3.8) is 0 Å². The fourth-order valence-corrected chi connectivity index (χ4v) is 3.47. The average Bonchev–Trinajstić information content (AvgIpc) is 3.47. The summed E-state index contributed by atoms with van der Waals surface area (Å²) in [6, 6.07) is 13.4. The number of benzene rings is 2. The lowest BCUT2D eigenvalue weighted by molar-refractivity contribution is -0.114. The number of nitrogens with zero attached hydrogens (tertiary/aromatic N) is 2. The van der Waals surface area contributed by atoms with E-state index in [0.717, 1.165) is 30.7 Å². The standard InChI is InChI=1S/C20H19ClN2O3/c1-26-16-7-2-13(3-8-16)11-22(15-5-6-15)12-23-18-9-4-14(21)10-17(18)19(24)20(23)25/h2-4,7-10,15H,5-6,11-12H2,1H3. The van der Waals surface area contributed by atoms with Gasteiger partial charge in [0.15, 0.2) is 0 Å². The molecular formula is C20H19ClN2O3. The molecule has 1 fully saturated rings. The first-order valence-electron chi connectivity index (χ1n) is 8.59. The first kappa shape index (κ1) is 17.1. The molecule has 4 rings (SSSR count). The first-order valence-corrected chi connectivity index (χ1v) is 8.97. The molecule has 1 aliphatic carbocycles. The Hall–Kier alpha value is -2.37. The van der Waals surface area contributed by atoms with Crippen molar-refractivity contribution in [2.45, 2.75) is 25.4 Å². The molecule has 0 radical (unpaired) electrons. The summed E-state index contributed by atoms with van der Waals surface area (Å²) in [5.41, 5.74) is 2.18. The molecule has 1 heterocycles. The van der Waals surface area contributed by atoms with Gasteiger partial charge in [0.1, 0.15) is 5.75 Å². The molecule has 1 aliphatic heterocycles. The van der Waals surface area contributed by atoms with Crippen molar-refractivity contribution < 1.29 is 14.3 Å². The van der Waals surface area contributed by atoms with E-state index in [1.165, 1.54) is 0 Å². The second kappa shape index (κ2) is 6.74. The Bertz CT molecular complexity index is 862. The van der Waals surface area contributed by atoms with E-state index in [1.54, 1.807) is 30.2 Å². The number of ether oxygens (including phenoxy) is 1. The van der Waals surface area contributed by atoms with Gasteiger partial charge in [0, 0.05) is 17.6 Å². The van der Waals surface area contributed by atoms with Gasteiger partial charge in [-0.15, -0.1) is 0 Å². The maximum atomic E-state index is 12.5. The van der Waals surface area contributed by atoms with E-state index in [1.807, 2.05) is 24.3 Å². The van der Waals surface area contributed by atoms with Crippen molar-refractivity contribution in [1.29, 1.82) is 0 Å². The minimum absolute atomic E-state index is 0.391. The Morgan fingerprint density at radius 2 is 1.88 bits per heavy atom.